The molecule has 0 aliphatic heterocycles. The summed E-state index contributed by atoms with van der Waals surface area (Å²) in [5, 5.41) is 10.4. The van der Waals surface area contributed by atoms with Gasteiger partial charge in [0.05, 0.1) is 11.6 Å². The Kier molecular flexibility index (Phi) is 10.0. The molecule has 9 nitrogen and oxygen atoms in total. The van der Waals surface area contributed by atoms with E-state index in [0.717, 1.165) is 78.4 Å². The monoisotopic (exact) mass is 775 g/mol. The van der Waals surface area contributed by atoms with Crippen molar-refractivity contribution in [2.24, 2.45) is 0 Å². The molecule has 0 bridgehead atoms. The highest BCUT2D eigenvalue weighted by Gasteiger charge is 2.17. The van der Waals surface area contributed by atoms with E-state index in [-0.39, 0.29) is 0 Å². The molecule has 60 heavy (non-hydrogen) atoms. The number of aryl methyl sites for hydroxylation is 4. The second-order valence-corrected chi connectivity index (χ2v) is 14.5. The van der Waals surface area contributed by atoms with E-state index in [1.54, 1.807) is 0 Å². The fourth-order valence-electron chi connectivity index (χ4n) is 7.21. The van der Waals surface area contributed by atoms with E-state index in [1.807, 2.05) is 179 Å². The largest absolute Gasteiger partial charge is 0.258 e. The Morgan fingerprint density at radius 3 is 1.08 bits per heavy atom. The van der Waals surface area contributed by atoms with E-state index in [1.165, 1.54) is 0 Å². The smallest absolute Gasteiger partial charge is 0.165 e. The topological polar surface area (TPSA) is 127 Å². The molecule has 0 unspecified atom stereocenters. The Morgan fingerprint density at radius 2 is 0.667 bits per heavy atom. The molecule has 286 valence electrons. The van der Waals surface area contributed by atoms with Crippen molar-refractivity contribution < 1.29 is 0 Å². The lowest BCUT2D eigenvalue weighted by atomic mass is 9.94. The summed E-state index contributed by atoms with van der Waals surface area (Å²) in [7, 11) is 0. The van der Waals surface area contributed by atoms with Crippen LogP contribution in [0.15, 0.2) is 152 Å². The van der Waals surface area contributed by atoms with Crippen LogP contribution in [0, 0.1) is 39.0 Å². The van der Waals surface area contributed by atoms with Crippen molar-refractivity contribution in [2.75, 3.05) is 0 Å². The number of hydrogen-bond donors (Lipinski definition) is 0. The SMILES string of the molecule is Cc1ccc(-c2nc(-c3ccccc3)nc(-c3ccc(-c4ccc(-c5ccc(-c6nc(-c7ccccc7)nc(-c7ccc(C)nc7C)n6)cc5)c(C#N)c4)cc3)n2)c(C)n1. The van der Waals surface area contributed by atoms with Gasteiger partial charge in [0.2, 0.25) is 0 Å². The Morgan fingerprint density at radius 1 is 0.317 bits per heavy atom. The van der Waals surface area contributed by atoms with Gasteiger partial charge in [-0.15, -0.1) is 0 Å². The molecule has 0 spiro atoms. The lowest BCUT2D eigenvalue weighted by molar-refractivity contribution is 1.05. The molecule has 0 saturated heterocycles. The first kappa shape index (κ1) is 37.5. The molecule has 0 atom stereocenters. The zero-order chi connectivity index (χ0) is 41.2. The first-order chi connectivity index (χ1) is 29.3. The molecule has 9 aromatic rings. The lowest BCUT2D eigenvalue weighted by Crippen LogP contribution is -2.02. The Hall–Kier alpha value is -8.09. The summed E-state index contributed by atoms with van der Waals surface area (Å²) in [6.07, 6.45) is 0. The number of aromatic nitrogens is 8. The van der Waals surface area contributed by atoms with E-state index in [9.17, 15) is 5.26 Å². The third-order valence-electron chi connectivity index (χ3n) is 10.3. The van der Waals surface area contributed by atoms with E-state index < -0.39 is 0 Å². The predicted molar refractivity (Wildman–Crippen MR) is 236 cm³/mol. The van der Waals surface area contributed by atoms with Gasteiger partial charge in [0.1, 0.15) is 0 Å². The maximum absolute atomic E-state index is 10.4. The van der Waals surface area contributed by atoms with Gasteiger partial charge in [-0.2, -0.15) is 5.26 Å². The van der Waals surface area contributed by atoms with Gasteiger partial charge in [0, 0.05) is 56.2 Å². The number of nitriles is 1. The van der Waals surface area contributed by atoms with Crippen LogP contribution in [0.25, 0.3) is 90.6 Å². The third-order valence-corrected chi connectivity index (χ3v) is 10.3. The zero-order valence-corrected chi connectivity index (χ0v) is 33.5. The summed E-state index contributed by atoms with van der Waals surface area (Å²) in [5.41, 5.74) is 13.0. The summed E-state index contributed by atoms with van der Waals surface area (Å²) in [5.74, 6) is 3.42. The Labute approximate surface area is 348 Å². The fourth-order valence-corrected chi connectivity index (χ4v) is 7.21. The van der Waals surface area contributed by atoms with Crippen LogP contribution in [0.1, 0.15) is 28.3 Å². The number of rotatable bonds is 8. The van der Waals surface area contributed by atoms with Gasteiger partial charge in [-0.3, -0.25) is 9.97 Å². The summed E-state index contributed by atoms with van der Waals surface area (Å²) in [6, 6.07) is 52.2. The second-order valence-electron chi connectivity index (χ2n) is 14.5. The molecule has 0 aliphatic carbocycles. The van der Waals surface area contributed by atoms with Crippen LogP contribution in [-0.2, 0) is 0 Å². The molecule has 0 radical (unpaired) electrons. The van der Waals surface area contributed by atoms with Gasteiger partial charge in [-0.1, -0.05) is 121 Å². The van der Waals surface area contributed by atoms with E-state index >= 15 is 0 Å². The van der Waals surface area contributed by atoms with Crippen LogP contribution in [0.3, 0.4) is 0 Å². The second kappa shape index (κ2) is 16.0. The van der Waals surface area contributed by atoms with Crippen LogP contribution >= 0.6 is 0 Å². The minimum absolute atomic E-state index is 0.552. The quantitative estimate of drug-likeness (QED) is 0.148. The molecule has 0 amide bonds. The predicted octanol–water partition coefficient (Wildman–Crippen LogP) is 11.3. The first-order valence-corrected chi connectivity index (χ1v) is 19.6. The number of nitrogens with zero attached hydrogens (tertiary/aromatic N) is 9. The zero-order valence-electron chi connectivity index (χ0n) is 33.5. The summed E-state index contributed by atoms with van der Waals surface area (Å²) < 4.78 is 0. The lowest BCUT2D eigenvalue weighted by Gasteiger charge is -2.12. The van der Waals surface area contributed by atoms with E-state index in [4.69, 9.17) is 29.9 Å². The minimum atomic E-state index is 0.552. The first-order valence-electron chi connectivity index (χ1n) is 19.6. The Balaban J connectivity index is 1.01. The van der Waals surface area contributed by atoms with Gasteiger partial charge >= 0.3 is 0 Å². The maximum atomic E-state index is 10.4. The normalized spacial score (nSPS) is 11.0. The molecular weight excluding hydrogens is 739 g/mol. The summed E-state index contributed by atoms with van der Waals surface area (Å²) in [6.45, 7) is 7.88. The van der Waals surface area contributed by atoms with E-state index in [0.29, 0.717) is 40.5 Å². The van der Waals surface area contributed by atoms with Crippen molar-refractivity contribution in [2.45, 2.75) is 27.7 Å². The van der Waals surface area contributed by atoms with Crippen molar-refractivity contribution in [1.82, 2.24) is 39.9 Å². The van der Waals surface area contributed by atoms with Crippen molar-refractivity contribution in [3.63, 3.8) is 0 Å². The van der Waals surface area contributed by atoms with Crippen molar-refractivity contribution in [3.05, 3.63) is 180 Å². The third kappa shape index (κ3) is 7.65. The van der Waals surface area contributed by atoms with E-state index in [2.05, 4.69) is 16.0 Å². The maximum Gasteiger partial charge on any atom is 0.165 e. The Bertz CT molecular complexity index is 3070. The molecule has 0 saturated carbocycles. The summed E-state index contributed by atoms with van der Waals surface area (Å²) in [4.78, 5) is 38.6. The van der Waals surface area contributed by atoms with Crippen molar-refractivity contribution in [1.29, 1.82) is 5.26 Å². The van der Waals surface area contributed by atoms with Crippen LogP contribution in [0.2, 0.25) is 0 Å². The standard InChI is InChI=1S/C51H37N9/c1-31-15-26-43(33(3)53-31)50-57-46(37-11-7-5-8-12-37)55-48(59-50)39-21-17-35(18-22-39)41-25-28-45(42(29-41)30-52)36-19-23-40(24-20-36)49-56-47(38-13-9-6-10-14-38)58-51(60-49)44-27-16-32(2)54-34(44)4/h5-29H,1-4H3. The van der Waals surface area contributed by atoms with Gasteiger partial charge in [-0.05, 0) is 80.3 Å². The van der Waals surface area contributed by atoms with Crippen LogP contribution in [0.4, 0.5) is 0 Å². The number of hydrogen-bond acceptors (Lipinski definition) is 9. The van der Waals surface area contributed by atoms with Crippen LogP contribution < -0.4 is 0 Å². The number of pyridine rings is 2. The molecule has 9 rings (SSSR count). The van der Waals surface area contributed by atoms with Gasteiger partial charge in [0.25, 0.3) is 0 Å². The molecule has 4 aromatic heterocycles. The molecule has 9 heteroatoms. The highest BCUT2D eigenvalue weighted by molar-refractivity contribution is 5.79. The van der Waals surface area contributed by atoms with Crippen molar-refractivity contribution in [3.8, 4) is 96.7 Å². The molecule has 0 fully saturated rings. The molecule has 0 N–H and O–H groups in total. The average molecular weight is 776 g/mol. The van der Waals surface area contributed by atoms with Gasteiger partial charge in [-0.25, -0.2) is 29.9 Å². The molecule has 5 aromatic carbocycles. The van der Waals surface area contributed by atoms with Crippen LogP contribution in [0.5, 0.6) is 0 Å². The van der Waals surface area contributed by atoms with Crippen molar-refractivity contribution >= 4 is 0 Å². The molecular formula is C51H37N9. The molecule has 0 aliphatic rings. The van der Waals surface area contributed by atoms with Crippen LogP contribution in [-0.4, -0.2) is 39.9 Å². The van der Waals surface area contributed by atoms with Gasteiger partial charge < -0.3 is 0 Å². The highest BCUT2D eigenvalue weighted by atomic mass is 15.0. The number of benzene rings is 5. The minimum Gasteiger partial charge on any atom is -0.258 e. The van der Waals surface area contributed by atoms with Gasteiger partial charge in [0.15, 0.2) is 34.9 Å². The average Bonchev–Trinajstić information content (AvgIpc) is 3.29. The highest BCUT2D eigenvalue weighted by Crippen LogP contribution is 2.33. The fraction of sp³-hybridized carbons (Fsp3) is 0.0784. The summed E-state index contributed by atoms with van der Waals surface area (Å²) >= 11 is 0. The molecule has 4 heterocycles.